The predicted molar refractivity (Wildman–Crippen MR) is 108 cm³/mol. The van der Waals surface area contributed by atoms with Crippen molar-refractivity contribution < 1.29 is 28.3 Å². The molecular formula is C21H20N2O7. The summed E-state index contributed by atoms with van der Waals surface area (Å²) in [5.74, 6) is 1.50. The molecular weight excluding hydrogens is 392 g/mol. The molecule has 1 N–H and O–H groups in total. The molecule has 0 spiro atoms. The first-order chi connectivity index (χ1) is 14.5. The topological polar surface area (TPSA) is 113 Å². The second-order valence-corrected chi connectivity index (χ2v) is 6.05. The van der Waals surface area contributed by atoms with Gasteiger partial charge in [0.1, 0.15) is 35.3 Å². The molecule has 0 aliphatic rings. The first-order valence-corrected chi connectivity index (χ1v) is 9.08. The van der Waals surface area contributed by atoms with Crippen molar-refractivity contribution >= 4 is 17.3 Å². The molecule has 2 aromatic carbocycles. The molecule has 0 saturated carbocycles. The van der Waals surface area contributed by atoms with Gasteiger partial charge in [-0.3, -0.25) is 14.9 Å². The Morgan fingerprint density at radius 2 is 1.70 bits per heavy atom. The van der Waals surface area contributed by atoms with Crippen LogP contribution in [0, 0.1) is 10.1 Å². The molecule has 9 nitrogen and oxygen atoms in total. The zero-order valence-electron chi connectivity index (χ0n) is 16.4. The van der Waals surface area contributed by atoms with Crippen LogP contribution in [0.15, 0.2) is 59.0 Å². The number of rotatable bonds is 9. The van der Waals surface area contributed by atoms with Gasteiger partial charge in [0.05, 0.1) is 24.7 Å². The van der Waals surface area contributed by atoms with Crippen molar-refractivity contribution in [2.24, 2.45) is 0 Å². The third-order valence-electron chi connectivity index (χ3n) is 4.05. The lowest BCUT2D eigenvalue weighted by molar-refractivity contribution is -0.384. The van der Waals surface area contributed by atoms with Crippen molar-refractivity contribution in [3.05, 3.63) is 76.2 Å². The average Bonchev–Trinajstić information content (AvgIpc) is 3.23. The Balaban J connectivity index is 1.63. The van der Waals surface area contributed by atoms with E-state index in [1.807, 2.05) is 6.92 Å². The summed E-state index contributed by atoms with van der Waals surface area (Å²) in [5.41, 5.74) is -0.247. The minimum atomic E-state index is -0.615. The summed E-state index contributed by atoms with van der Waals surface area (Å²) in [6.45, 7) is 2.60. The maximum Gasteiger partial charge on any atom is 0.296 e. The monoisotopic (exact) mass is 412 g/mol. The van der Waals surface area contributed by atoms with Crippen LogP contribution in [0.2, 0.25) is 0 Å². The van der Waals surface area contributed by atoms with E-state index >= 15 is 0 Å². The van der Waals surface area contributed by atoms with Gasteiger partial charge in [-0.25, -0.2) is 0 Å². The second kappa shape index (κ2) is 9.46. The number of benzene rings is 2. The summed E-state index contributed by atoms with van der Waals surface area (Å²) < 4.78 is 21.5. The Bertz CT molecular complexity index is 1030. The maximum absolute atomic E-state index is 12.4. The predicted octanol–water partition coefficient (Wildman–Crippen LogP) is 4.43. The molecule has 1 aromatic heterocycles. The van der Waals surface area contributed by atoms with E-state index in [-0.39, 0.29) is 23.7 Å². The number of hydrogen-bond acceptors (Lipinski definition) is 7. The van der Waals surface area contributed by atoms with E-state index in [1.54, 1.807) is 30.3 Å². The van der Waals surface area contributed by atoms with Crippen LogP contribution in [-0.2, 0) is 6.61 Å². The minimum Gasteiger partial charge on any atom is -0.496 e. The van der Waals surface area contributed by atoms with Crippen molar-refractivity contribution in [3.63, 3.8) is 0 Å². The van der Waals surface area contributed by atoms with Gasteiger partial charge in [-0.05, 0) is 55.5 Å². The smallest absolute Gasteiger partial charge is 0.296 e. The van der Waals surface area contributed by atoms with Gasteiger partial charge in [0, 0.05) is 0 Å². The Kier molecular flexibility index (Phi) is 6.53. The number of ether oxygens (including phenoxy) is 3. The Morgan fingerprint density at radius 1 is 1.03 bits per heavy atom. The molecule has 1 amide bonds. The molecule has 0 aliphatic heterocycles. The largest absolute Gasteiger partial charge is 0.496 e. The third-order valence-corrected chi connectivity index (χ3v) is 4.05. The maximum atomic E-state index is 12.4. The van der Waals surface area contributed by atoms with Crippen LogP contribution in [0.3, 0.4) is 0 Å². The minimum absolute atomic E-state index is 0.00501. The molecule has 3 rings (SSSR count). The number of furan rings is 1. The zero-order chi connectivity index (χ0) is 21.5. The fraction of sp³-hybridized carbons (Fsp3) is 0.190. The van der Waals surface area contributed by atoms with Crippen molar-refractivity contribution in [1.29, 1.82) is 0 Å². The van der Waals surface area contributed by atoms with Crippen LogP contribution >= 0.6 is 0 Å². The standard InChI is InChI=1S/C21H20N2O7/c1-3-28-14-4-6-15(7-5-14)29-13-17-9-11-20(30-17)21(24)22-18-10-8-16(27-2)12-19(18)23(25)26/h4-12H,3,13H2,1-2H3,(H,22,24). The highest BCUT2D eigenvalue weighted by atomic mass is 16.6. The molecule has 1 heterocycles. The number of amides is 1. The Morgan fingerprint density at radius 3 is 2.33 bits per heavy atom. The lowest BCUT2D eigenvalue weighted by atomic mass is 10.2. The third kappa shape index (κ3) is 5.07. The molecule has 0 atom stereocenters. The van der Waals surface area contributed by atoms with Crippen LogP contribution in [0.1, 0.15) is 23.2 Å². The lowest BCUT2D eigenvalue weighted by Gasteiger charge is -2.07. The number of methoxy groups -OCH3 is 1. The summed E-state index contributed by atoms with van der Waals surface area (Å²) in [6, 6.07) is 14.3. The molecule has 3 aromatic rings. The van der Waals surface area contributed by atoms with E-state index in [9.17, 15) is 14.9 Å². The van der Waals surface area contributed by atoms with Crippen LogP contribution < -0.4 is 19.5 Å². The Hall–Kier alpha value is -4.01. The molecule has 9 heteroatoms. The van der Waals surface area contributed by atoms with E-state index < -0.39 is 10.8 Å². The number of nitro groups is 1. The van der Waals surface area contributed by atoms with Crippen LogP contribution in [0.25, 0.3) is 0 Å². The van der Waals surface area contributed by atoms with Crippen LogP contribution in [0.5, 0.6) is 17.2 Å². The van der Waals surface area contributed by atoms with Gasteiger partial charge in [-0.15, -0.1) is 0 Å². The summed E-state index contributed by atoms with van der Waals surface area (Å²) in [5, 5.41) is 13.7. The number of carbonyl (C=O) groups is 1. The first kappa shape index (κ1) is 20.7. The molecule has 156 valence electrons. The van der Waals surface area contributed by atoms with E-state index in [0.29, 0.717) is 23.9 Å². The number of nitro benzene ring substituents is 1. The number of hydrogen-bond donors (Lipinski definition) is 1. The van der Waals surface area contributed by atoms with Crippen LogP contribution in [0.4, 0.5) is 11.4 Å². The summed E-state index contributed by atoms with van der Waals surface area (Å²) in [7, 11) is 1.40. The second-order valence-electron chi connectivity index (χ2n) is 6.05. The summed E-state index contributed by atoms with van der Waals surface area (Å²) >= 11 is 0. The van der Waals surface area contributed by atoms with Crippen molar-refractivity contribution in [2.45, 2.75) is 13.5 Å². The van der Waals surface area contributed by atoms with Gasteiger partial charge in [0.2, 0.25) is 0 Å². The number of carbonyl (C=O) groups excluding carboxylic acids is 1. The number of nitrogens with zero attached hydrogens (tertiary/aromatic N) is 1. The van der Waals surface area contributed by atoms with Gasteiger partial charge in [-0.1, -0.05) is 0 Å². The van der Waals surface area contributed by atoms with E-state index in [0.717, 1.165) is 5.75 Å². The van der Waals surface area contributed by atoms with Crippen molar-refractivity contribution in [1.82, 2.24) is 0 Å². The summed E-state index contributed by atoms with van der Waals surface area (Å²) in [4.78, 5) is 23.1. The fourth-order valence-corrected chi connectivity index (χ4v) is 2.61. The molecule has 0 fully saturated rings. The SMILES string of the molecule is CCOc1ccc(OCc2ccc(C(=O)Nc3ccc(OC)cc3[N+](=O)[O-])o2)cc1. The molecule has 0 saturated heterocycles. The molecule has 0 unspecified atom stereocenters. The number of nitrogens with one attached hydrogen (secondary N) is 1. The first-order valence-electron chi connectivity index (χ1n) is 9.08. The van der Waals surface area contributed by atoms with E-state index in [1.165, 1.54) is 31.4 Å². The highest BCUT2D eigenvalue weighted by Gasteiger charge is 2.19. The van der Waals surface area contributed by atoms with Crippen molar-refractivity contribution in [2.75, 3.05) is 19.0 Å². The quantitative estimate of drug-likeness (QED) is 0.409. The van der Waals surface area contributed by atoms with Crippen LogP contribution in [-0.4, -0.2) is 24.5 Å². The molecule has 30 heavy (non-hydrogen) atoms. The zero-order valence-corrected chi connectivity index (χ0v) is 16.4. The van der Waals surface area contributed by atoms with Crippen molar-refractivity contribution in [3.8, 4) is 17.2 Å². The molecule has 0 bridgehead atoms. The van der Waals surface area contributed by atoms with Gasteiger partial charge in [-0.2, -0.15) is 0 Å². The van der Waals surface area contributed by atoms with Gasteiger partial charge in [0.15, 0.2) is 5.76 Å². The fourth-order valence-electron chi connectivity index (χ4n) is 2.61. The van der Waals surface area contributed by atoms with E-state index in [2.05, 4.69) is 5.32 Å². The highest BCUT2D eigenvalue weighted by Crippen LogP contribution is 2.29. The lowest BCUT2D eigenvalue weighted by Crippen LogP contribution is -2.12. The molecule has 0 aliphatic carbocycles. The van der Waals surface area contributed by atoms with E-state index in [4.69, 9.17) is 18.6 Å². The summed E-state index contributed by atoms with van der Waals surface area (Å²) in [6.07, 6.45) is 0. The highest BCUT2D eigenvalue weighted by molar-refractivity contribution is 6.03. The normalized spacial score (nSPS) is 10.3. The number of anilines is 1. The Labute approximate surface area is 172 Å². The van der Waals surface area contributed by atoms with Gasteiger partial charge < -0.3 is 23.9 Å². The average molecular weight is 412 g/mol. The molecule has 0 radical (unpaired) electrons. The van der Waals surface area contributed by atoms with Gasteiger partial charge in [0.25, 0.3) is 11.6 Å². The van der Waals surface area contributed by atoms with Gasteiger partial charge >= 0.3 is 0 Å².